The number of carbonyl (C=O) groups is 1. The molecular formula is C22H23N3O2. The minimum absolute atomic E-state index is 0.201. The molecule has 2 N–H and O–H groups in total. The smallest absolute Gasteiger partial charge is 0.257 e. The summed E-state index contributed by atoms with van der Waals surface area (Å²) in [6, 6.07) is 18.6. The maximum absolute atomic E-state index is 12.5. The summed E-state index contributed by atoms with van der Waals surface area (Å²) in [5.41, 5.74) is 2.04. The summed E-state index contributed by atoms with van der Waals surface area (Å²) in [7, 11) is 0. The minimum Gasteiger partial charge on any atom is -0.457 e. The van der Waals surface area contributed by atoms with Crippen LogP contribution in [0.1, 0.15) is 24.2 Å². The van der Waals surface area contributed by atoms with Gasteiger partial charge in [0.25, 0.3) is 5.91 Å². The van der Waals surface area contributed by atoms with Crippen molar-refractivity contribution in [3.63, 3.8) is 0 Å². The number of amides is 1. The molecule has 5 heteroatoms. The van der Waals surface area contributed by atoms with E-state index >= 15 is 0 Å². The summed E-state index contributed by atoms with van der Waals surface area (Å²) >= 11 is 0. The molecule has 0 fully saturated rings. The summed E-state index contributed by atoms with van der Waals surface area (Å²) in [5.74, 6) is 1.79. The van der Waals surface area contributed by atoms with Crippen molar-refractivity contribution in [2.75, 3.05) is 17.2 Å². The van der Waals surface area contributed by atoms with Crippen molar-refractivity contribution in [3.8, 4) is 11.5 Å². The lowest BCUT2D eigenvalue weighted by molar-refractivity contribution is 0.102. The highest BCUT2D eigenvalue weighted by atomic mass is 16.5. The van der Waals surface area contributed by atoms with Gasteiger partial charge in [-0.05, 0) is 48.4 Å². The van der Waals surface area contributed by atoms with Gasteiger partial charge in [0.15, 0.2) is 0 Å². The summed E-state index contributed by atoms with van der Waals surface area (Å²) in [5, 5.41) is 6.15. The summed E-state index contributed by atoms with van der Waals surface area (Å²) in [6.45, 7) is 5.08. The monoisotopic (exact) mass is 361 g/mol. The molecule has 0 bridgehead atoms. The molecule has 0 saturated carbocycles. The average molecular weight is 361 g/mol. The van der Waals surface area contributed by atoms with Crippen molar-refractivity contribution >= 4 is 17.3 Å². The molecular weight excluding hydrogens is 338 g/mol. The number of rotatable bonds is 7. The van der Waals surface area contributed by atoms with Crippen molar-refractivity contribution in [1.82, 2.24) is 4.98 Å². The Morgan fingerprint density at radius 3 is 2.37 bits per heavy atom. The quantitative estimate of drug-likeness (QED) is 0.607. The summed E-state index contributed by atoms with van der Waals surface area (Å²) in [6.07, 6.45) is 3.28. The van der Waals surface area contributed by atoms with Crippen molar-refractivity contribution in [2.45, 2.75) is 13.8 Å². The van der Waals surface area contributed by atoms with Crippen LogP contribution >= 0.6 is 0 Å². The molecule has 0 atom stereocenters. The Bertz CT molecular complexity index is 878. The fourth-order valence-corrected chi connectivity index (χ4v) is 2.42. The number of pyridine rings is 1. The molecule has 2 aromatic carbocycles. The highest BCUT2D eigenvalue weighted by Gasteiger charge is 2.08. The van der Waals surface area contributed by atoms with E-state index < -0.39 is 0 Å². The second-order valence-electron chi connectivity index (χ2n) is 6.63. The topological polar surface area (TPSA) is 63.2 Å². The van der Waals surface area contributed by atoms with Crippen LogP contribution in [0, 0.1) is 5.92 Å². The Hall–Kier alpha value is -3.34. The van der Waals surface area contributed by atoms with E-state index in [2.05, 4.69) is 29.5 Å². The van der Waals surface area contributed by atoms with Crippen molar-refractivity contribution in [1.29, 1.82) is 0 Å². The maximum Gasteiger partial charge on any atom is 0.257 e. The van der Waals surface area contributed by atoms with Gasteiger partial charge in [-0.1, -0.05) is 32.0 Å². The predicted molar refractivity (Wildman–Crippen MR) is 108 cm³/mol. The molecule has 0 radical (unpaired) electrons. The van der Waals surface area contributed by atoms with Crippen molar-refractivity contribution in [3.05, 3.63) is 78.6 Å². The van der Waals surface area contributed by atoms with Gasteiger partial charge in [0.05, 0.1) is 11.3 Å². The number of para-hydroxylation sites is 1. The highest BCUT2D eigenvalue weighted by Crippen LogP contribution is 2.23. The van der Waals surface area contributed by atoms with E-state index in [-0.39, 0.29) is 5.91 Å². The molecule has 0 unspecified atom stereocenters. The van der Waals surface area contributed by atoms with Crippen LogP contribution in [0.4, 0.5) is 11.4 Å². The lowest BCUT2D eigenvalue weighted by Crippen LogP contribution is -2.13. The van der Waals surface area contributed by atoms with Gasteiger partial charge in [-0.25, -0.2) is 0 Å². The lowest BCUT2D eigenvalue weighted by atomic mass is 10.2. The number of hydrogen-bond acceptors (Lipinski definition) is 4. The third kappa shape index (κ3) is 5.57. The number of nitrogens with one attached hydrogen (secondary N) is 2. The Morgan fingerprint density at radius 2 is 1.67 bits per heavy atom. The number of anilines is 2. The summed E-state index contributed by atoms with van der Waals surface area (Å²) in [4.78, 5) is 16.6. The largest absolute Gasteiger partial charge is 0.457 e. The molecule has 1 aromatic heterocycles. The Balaban J connectivity index is 1.61. The molecule has 3 aromatic rings. The molecule has 3 rings (SSSR count). The normalized spacial score (nSPS) is 10.5. The van der Waals surface area contributed by atoms with Crippen LogP contribution < -0.4 is 15.4 Å². The maximum atomic E-state index is 12.5. The third-order valence-electron chi connectivity index (χ3n) is 3.81. The zero-order valence-electron chi connectivity index (χ0n) is 15.5. The molecule has 0 aliphatic rings. The van der Waals surface area contributed by atoms with Gasteiger partial charge in [0.2, 0.25) is 0 Å². The second-order valence-corrected chi connectivity index (χ2v) is 6.63. The molecule has 27 heavy (non-hydrogen) atoms. The number of ether oxygens (including phenoxy) is 1. The SMILES string of the molecule is CC(C)CNc1cncc(C(=O)Nc2ccc(Oc3ccccc3)cc2)c1. The summed E-state index contributed by atoms with van der Waals surface area (Å²) < 4.78 is 5.75. The van der Waals surface area contributed by atoms with E-state index in [0.29, 0.717) is 22.9 Å². The molecule has 0 aliphatic carbocycles. The zero-order valence-corrected chi connectivity index (χ0v) is 15.5. The molecule has 0 aliphatic heterocycles. The fourth-order valence-electron chi connectivity index (χ4n) is 2.42. The first-order valence-electron chi connectivity index (χ1n) is 8.93. The number of hydrogen-bond donors (Lipinski definition) is 2. The number of aromatic nitrogens is 1. The van der Waals surface area contributed by atoms with E-state index in [4.69, 9.17) is 4.74 Å². The molecule has 0 saturated heterocycles. The average Bonchev–Trinajstić information content (AvgIpc) is 2.69. The van der Waals surface area contributed by atoms with Crippen LogP contribution in [-0.4, -0.2) is 17.4 Å². The van der Waals surface area contributed by atoms with Crippen LogP contribution in [0.2, 0.25) is 0 Å². The Labute approximate surface area is 159 Å². The molecule has 138 valence electrons. The third-order valence-corrected chi connectivity index (χ3v) is 3.81. The molecule has 0 spiro atoms. The first kappa shape index (κ1) is 18.5. The van der Waals surface area contributed by atoms with E-state index in [0.717, 1.165) is 18.0 Å². The van der Waals surface area contributed by atoms with Crippen molar-refractivity contribution < 1.29 is 9.53 Å². The predicted octanol–water partition coefficient (Wildman–Crippen LogP) is 5.19. The lowest BCUT2D eigenvalue weighted by Gasteiger charge is -2.10. The molecule has 1 amide bonds. The van der Waals surface area contributed by atoms with E-state index in [1.807, 2.05) is 54.6 Å². The van der Waals surface area contributed by atoms with Gasteiger partial charge in [-0.15, -0.1) is 0 Å². The van der Waals surface area contributed by atoms with Crippen LogP contribution in [0.15, 0.2) is 73.1 Å². The number of benzene rings is 2. The van der Waals surface area contributed by atoms with E-state index in [1.54, 1.807) is 18.5 Å². The Kier molecular flexibility index (Phi) is 6.05. The van der Waals surface area contributed by atoms with Gasteiger partial charge < -0.3 is 15.4 Å². The molecule has 1 heterocycles. The van der Waals surface area contributed by atoms with Crippen molar-refractivity contribution in [2.24, 2.45) is 5.92 Å². The second kappa shape index (κ2) is 8.85. The van der Waals surface area contributed by atoms with Gasteiger partial charge in [-0.2, -0.15) is 0 Å². The van der Waals surface area contributed by atoms with E-state index in [9.17, 15) is 4.79 Å². The minimum atomic E-state index is -0.201. The van der Waals surface area contributed by atoms with Crippen LogP contribution in [0.3, 0.4) is 0 Å². The van der Waals surface area contributed by atoms with Gasteiger partial charge in [0.1, 0.15) is 11.5 Å². The zero-order chi connectivity index (χ0) is 19.1. The highest BCUT2D eigenvalue weighted by molar-refractivity contribution is 6.04. The van der Waals surface area contributed by atoms with Gasteiger partial charge in [-0.3, -0.25) is 9.78 Å². The number of nitrogens with zero attached hydrogens (tertiary/aromatic N) is 1. The van der Waals surface area contributed by atoms with E-state index in [1.165, 1.54) is 0 Å². The Morgan fingerprint density at radius 1 is 0.963 bits per heavy atom. The van der Waals surface area contributed by atoms with Gasteiger partial charge >= 0.3 is 0 Å². The first-order valence-corrected chi connectivity index (χ1v) is 8.93. The standard InChI is InChI=1S/C22H23N3O2/c1-16(2)13-24-19-12-17(14-23-15-19)22(26)25-18-8-10-21(11-9-18)27-20-6-4-3-5-7-20/h3-12,14-16,24H,13H2,1-2H3,(H,25,26). The number of carbonyl (C=O) groups excluding carboxylic acids is 1. The van der Waals surface area contributed by atoms with Crippen LogP contribution in [-0.2, 0) is 0 Å². The molecule has 5 nitrogen and oxygen atoms in total. The first-order chi connectivity index (χ1) is 13.1. The fraction of sp³-hybridized carbons (Fsp3) is 0.182. The van der Waals surface area contributed by atoms with Crippen LogP contribution in [0.5, 0.6) is 11.5 Å². The van der Waals surface area contributed by atoms with Gasteiger partial charge in [0, 0.05) is 24.6 Å². The van der Waals surface area contributed by atoms with Crippen LogP contribution in [0.25, 0.3) is 0 Å².